The Morgan fingerprint density at radius 3 is 2.65 bits per heavy atom. The van der Waals surface area contributed by atoms with E-state index in [9.17, 15) is 9.59 Å². The zero-order valence-electron chi connectivity index (χ0n) is 11.5. The van der Waals surface area contributed by atoms with Gasteiger partial charge in [-0.2, -0.15) is 0 Å². The Morgan fingerprint density at radius 1 is 1.40 bits per heavy atom. The van der Waals surface area contributed by atoms with Gasteiger partial charge in [0.2, 0.25) is 5.91 Å². The lowest BCUT2D eigenvalue weighted by Gasteiger charge is -2.18. The van der Waals surface area contributed by atoms with Crippen molar-refractivity contribution in [2.24, 2.45) is 0 Å². The Kier molecular flexibility index (Phi) is 3.44. The molecule has 2 amide bonds. The Balaban J connectivity index is 1.65. The fourth-order valence-electron chi connectivity index (χ4n) is 2.45. The third-order valence-corrected chi connectivity index (χ3v) is 3.76. The van der Waals surface area contributed by atoms with Crippen molar-refractivity contribution in [3.05, 3.63) is 29.8 Å². The molecule has 2 heterocycles. The average Bonchev–Trinajstić information content (AvgIpc) is 3.21. The van der Waals surface area contributed by atoms with Crippen molar-refractivity contribution in [3.63, 3.8) is 0 Å². The predicted molar refractivity (Wildman–Crippen MR) is 74.3 cm³/mol. The topological polar surface area (TPSA) is 61.9 Å². The number of amides is 2. The van der Waals surface area contributed by atoms with E-state index >= 15 is 0 Å². The standard InChI is InChI=1S/C15H18N2O3/c1-10(16-15(19)13-9-20-13)11-4-6-12(7-5-11)17-8-2-3-14(17)18/h4-7,10,13H,2-3,8-9H2,1H3,(H,16,19). The summed E-state index contributed by atoms with van der Waals surface area (Å²) < 4.78 is 4.95. The van der Waals surface area contributed by atoms with Gasteiger partial charge in [0.1, 0.15) is 0 Å². The molecule has 0 aliphatic carbocycles. The third kappa shape index (κ3) is 2.67. The summed E-state index contributed by atoms with van der Waals surface area (Å²) in [6.45, 7) is 3.26. The molecule has 0 saturated carbocycles. The third-order valence-electron chi connectivity index (χ3n) is 3.76. The number of ether oxygens (including phenoxy) is 1. The number of nitrogens with zero attached hydrogens (tertiary/aromatic N) is 1. The van der Waals surface area contributed by atoms with Crippen LogP contribution in [0.15, 0.2) is 24.3 Å². The van der Waals surface area contributed by atoms with Crippen LogP contribution in [0.5, 0.6) is 0 Å². The number of carbonyl (C=O) groups excluding carboxylic acids is 2. The summed E-state index contributed by atoms with van der Waals surface area (Å²) in [6.07, 6.45) is 1.29. The first kappa shape index (κ1) is 13.1. The van der Waals surface area contributed by atoms with Crippen LogP contribution in [-0.2, 0) is 14.3 Å². The van der Waals surface area contributed by atoms with Crippen LogP contribution in [0.2, 0.25) is 0 Å². The Morgan fingerprint density at radius 2 is 2.10 bits per heavy atom. The number of carbonyl (C=O) groups is 2. The van der Waals surface area contributed by atoms with Crippen LogP contribution in [0.3, 0.4) is 0 Å². The second-order valence-corrected chi connectivity index (χ2v) is 5.29. The molecule has 0 radical (unpaired) electrons. The quantitative estimate of drug-likeness (QED) is 0.844. The van der Waals surface area contributed by atoms with Gasteiger partial charge in [-0.1, -0.05) is 12.1 Å². The normalized spacial score (nSPS) is 22.8. The molecule has 3 rings (SSSR count). The average molecular weight is 274 g/mol. The molecule has 0 bridgehead atoms. The molecule has 106 valence electrons. The number of rotatable bonds is 4. The van der Waals surface area contributed by atoms with Crippen LogP contribution >= 0.6 is 0 Å². The second kappa shape index (κ2) is 5.25. The first-order chi connectivity index (χ1) is 9.65. The highest BCUT2D eigenvalue weighted by molar-refractivity contribution is 5.95. The van der Waals surface area contributed by atoms with E-state index in [-0.39, 0.29) is 24.0 Å². The Labute approximate surface area is 117 Å². The van der Waals surface area contributed by atoms with E-state index in [2.05, 4.69) is 5.32 Å². The smallest absolute Gasteiger partial charge is 0.252 e. The van der Waals surface area contributed by atoms with Crippen molar-refractivity contribution in [2.75, 3.05) is 18.1 Å². The van der Waals surface area contributed by atoms with Gasteiger partial charge in [0.15, 0.2) is 6.10 Å². The van der Waals surface area contributed by atoms with Crippen molar-refractivity contribution >= 4 is 17.5 Å². The highest BCUT2D eigenvalue weighted by atomic mass is 16.6. The lowest BCUT2D eigenvalue weighted by molar-refractivity contribution is -0.123. The lowest BCUT2D eigenvalue weighted by Crippen LogP contribution is -2.30. The van der Waals surface area contributed by atoms with E-state index in [4.69, 9.17) is 4.74 Å². The molecule has 0 aromatic heterocycles. The first-order valence-corrected chi connectivity index (χ1v) is 6.97. The summed E-state index contributed by atoms with van der Waals surface area (Å²) in [7, 11) is 0. The summed E-state index contributed by atoms with van der Waals surface area (Å²) in [5.74, 6) is 0.126. The molecule has 2 fully saturated rings. The van der Waals surface area contributed by atoms with Gasteiger partial charge in [0.25, 0.3) is 5.91 Å². The van der Waals surface area contributed by atoms with Crippen molar-refractivity contribution in [2.45, 2.75) is 31.9 Å². The van der Waals surface area contributed by atoms with Gasteiger partial charge in [-0.25, -0.2) is 0 Å². The monoisotopic (exact) mass is 274 g/mol. The largest absolute Gasteiger partial charge is 0.363 e. The maximum absolute atomic E-state index is 11.7. The molecule has 1 aromatic carbocycles. The van der Waals surface area contributed by atoms with Crippen LogP contribution < -0.4 is 10.2 Å². The van der Waals surface area contributed by atoms with Crippen LogP contribution in [0.4, 0.5) is 5.69 Å². The molecule has 2 unspecified atom stereocenters. The van der Waals surface area contributed by atoms with E-state index in [0.29, 0.717) is 13.0 Å². The molecule has 2 saturated heterocycles. The van der Waals surface area contributed by atoms with Crippen LogP contribution in [0, 0.1) is 0 Å². The zero-order valence-corrected chi connectivity index (χ0v) is 11.5. The van der Waals surface area contributed by atoms with Crippen molar-refractivity contribution in [3.8, 4) is 0 Å². The van der Waals surface area contributed by atoms with Gasteiger partial charge in [-0.15, -0.1) is 0 Å². The fraction of sp³-hybridized carbons (Fsp3) is 0.467. The number of epoxide rings is 1. The molecule has 5 nitrogen and oxygen atoms in total. The van der Waals surface area contributed by atoms with Crippen molar-refractivity contribution < 1.29 is 14.3 Å². The number of hydrogen-bond acceptors (Lipinski definition) is 3. The van der Waals surface area contributed by atoms with Crippen molar-refractivity contribution in [1.29, 1.82) is 0 Å². The summed E-state index contributed by atoms with van der Waals surface area (Å²) in [4.78, 5) is 25.1. The molecule has 0 spiro atoms. The maximum Gasteiger partial charge on any atom is 0.252 e. The molecule has 1 aromatic rings. The van der Waals surface area contributed by atoms with E-state index in [1.165, 1.54) is 0 Å². The second-order valence-electron chi connectivity index (χ2n) is 5.29. The number of hydrogen-bond donors (Lipinski definition) is 1. The van der Waals surface area contributed by atoms with Crippen LogP contribution in [0.25, 0.3) is 0 Å². The lowest BCUT2D eigenvalue weighted by atomic mass is 10.1. The number of benzene rings is 1. The fourth-order valence-corrected chi connectivity index (χ4v) is 2.45. The Bertz CT molecular complexity index is 522. The number of nitrogens with one attached hydrogen (secondary N) is 1. The molecule has 5 heteroatoms. The summed E-state index contributed by atoms with van der Waals surface area (Å²) in [6, 6.07) is 7.73. The van der Waals surface area contributed by atoms with E-state index in [1.807, 2.05) is 36.1 Å². The van der Waals surface area contributed by atoms with Crippen molar-refractivity contribution in [1.82, 2.24) is 5.32 Å². The summed E-state index contributed by atoms with van der Waals surface area (Å²) >= 11 is 0. The molecule has 2 aliphatic rings. The van der Waals surface area contributed by atoms with Gasteiger partial charge < -0.3 is 15.0 Å². The zero-order chi connectivity index (χ0) is 14.1. The van der Waals surface area contributed by atoms with Crippen LogP contribution in [0.1, 0.15) is 31.4 Å². The van der Waals surface area contributed by atoms with Gasteiger partial charge in [0, 0.05) is 18.7 Å². The SMILES string of the molecule is CC(NC(=O)C1CO1)c1ccc(N2CCCC2=O)cc1. The molecule has 2 aliphatic heterocycles. The molecular formula is C15H18N2O3. The summed E-state index contributed by atoms with van der Waals surface area (Å²) in [5, 5.41) is 2.91. The number of anilines is 1. The molecule has 1 N–H and O–H groups in total. The van der Waals surface area contributed by atoms with E-state index in [1.54, 1.807) is 0 Å². The summed E-state index contributed by atoms with van der Waals surface area (Å²) in [5.41, 5.74) is 1.95. The molecular weight excluding hydrogens is 256 g/mol. The molecule has 2 atom stereocenters. The maximum atomic E-state index is 11.7. The van der Waals surface area contributed by atoms with E-state index in [0.717, 1.165) is 24.2 Å². The van der Waals surface area contributed by atoms with Gasteiger partial charge >= 0.3 is 0 Å². The first-order valence-electron chi connectivity index (χ1n) is 6.97. The van der Waals surface area contributed by atoms with Gasteiger partial charge in [-0.3, -0.25) is 9.59 Å². The highest BCUT2D eigenvalue weighted by Crippen LogP contribution is 2.23. The van der Waals surface area contributed by atoms with E-state index < -0.39 is 0 Å². The minimum absolute atomic E-state index is 0.0590. The minimum Gasteiger partial charge on any atom is -0.363 e. The highest BCUT2D eigenvalue weighted by Gasteiger charge is 2.32. The van der Waals surface area contributed by atoms with Gasteiger partial charge in [-0.05, 0) is 31.0 Å². The van der Waals surface area contributed by atoms with Crippen LogP contribution in [-0.4, -0.2) is 31.1 Å². The predicted octanol–water partition coefficient (Wildman–Crippen LogP) is 1.39. The van der Waals surface area contributed by atoms with Gasteiger partial charge in [0.05, 0.1) is 12.6 Å². The minimum atomic E-state index is -0.265. The molecule has 20 heavy (non-hydrogen) atoms. The Hall–Kier alpha value is -1.88.